The van der Waals surface area contributed by atoms with Crippen LogP contribution in [0.15, 0.2) is 48.5 Å². The van der Waals surface area contributed by atoms with Gasteiger partial charge in [0.2, 0.25) is 5.91 Å². The smallest absolute Gasteiger partial charge is 0.248 e. The Balaban J connectivity index is 2.10. The monoisotopic (exact) mass is 325 g/mol. The van der Waals surface area contributed by atoms with E-state index < -0.39 is 0 Å². The van der Waals surface area contributed by atoms with Gasteiger partial charge in [0.15, 0.2) is 0 Å². The van der Waals surface area contributed by atoms with E-state index >= 15 is 0 Å². The molecule has 0 aliphatic carbocycles. The fourth-order valence-corrected chi connectivity index (χ4v) is 2.29. The highest BCUT2D eigenvalue weighted by Crippen LogP contribution is 2.25. The summed E-state index contributed by atoms with van der Waals surface area (Å²) in [6.45, 7) is 0. The normalized spacial score (nSPS) is 10.8. The van der Waals surface area contributed by atoms with Crippen LogP contribution in [0.2, 0.25) is 15.1 Å². The first-order valence-electron chi connectivity index (χ1n) is 5.75. The Hall–Kier alpha value is -1.48. The summed E-state index contributed by atoms with van der Waals surface area (Å²) in [6, 6.07) is 12.1. The van der Waals surface area contributed by atoms with Crippen molar-refractivity contribution < 1.29 is 4.79 Å². The molecule has 0 aliphatic heterocycles. The summed E-state index contributed by atoms with van der Waals surface area (Å²) in [7, 11) is 0. The maximum atomic E-state index is 11.8. The third-order valence-electron chi connectivity index (χ3n) is 2.49. The number of hydrogen-bond donors (Lipinski definition) is 1. The number of amides is 1. The van der Waals surface area contributed by atoms with Crippen molar-refractivity contribution in [2.45, 2.75) is 0 Å². The van der Waals surface area contributed by atoms with E-state index in [4.69, 9.17) is 34.8 Å². The summed E-state index contributed by atoms with van der Waals surface area (Å²) in [4.78, 5) is 11.8. The van der Waals surface area contributed by atoms with Crippen molar-refractivity contribution in [1.82, 2.24) is 0 Å². The van der Waals surface area contributed by atoms with Crippen molar-refractivity contribution in [2.24, 2.45) is 0 Å². The molecule has 1 amide bonds. The van der Waals surface area contributed by atoms with E-state index in [0.29, 0.717) is 26.3 Å². The molecule has 0 radical (unpaired) electrons. The van der Waals surface area contributed by atoms with Crippen molar-refractivity contribution in [2.75, 3.05) is 5.32 Å². The molecule has 0 saturated heterocycles. The number of carbonyl (C=O) groups is 1. The molecule has 0 aliphatic rings. The highest BCUT2D eigenvalue weighted by Gasteiger charge is 2.03. The van der Waals surface area contributed by atoms with Crippen LogP contribution in [-0.4, -0.2) is 5.91 Å². The van der Waals surface area contributed by atoms with Crippen LogP contribution >= 0.6 is 34.8 Å². The first-order chi connectivity index (χ1) is 9.56. The summed E-state index contributed by atoms with van der Waals surface area (Å²) < 4.78 is 0. The van der Waals surface area contributed by atoms with Crippen molar-refractivity contribution in [1.29, 1.82) is 0 Å². The number of nitrogens with one attached hydrogen (secondary N) is 1. The van der Waals surface area contributed by atoms with E-state index in [0.717, 1.165) is 0 Å². The molecule has 2 nitrogen and oxygen atoms in total. The molecule has 0 fully saturated rings. The Morgan fingerprint density at radius 3 is 2.30 bits per heavy atom. The van der Waals surface area contributed by atoms with Crippen LogP contribution in [0.3, 0.4) is 0 Å². The lowest BCUT2D eigenvalue weighted by Crippen LogP contribution is -2.07. The molecule has 102 valence electrons. The average molecular weight is 327 g/mol. The minimum absolute atomic E-state index is 0.289. The molecule has 2 rings (SSSR count). The van der Waals surface area contributed by atoms with Gasteiger partial charge in [-0.3, -0.25) is 4.79 Å². The van der Waals surface area contributed by atoms with Crippen LogP contribution < -0.4 is 5.32 Å². The van der Waals surface area contributed by atoms with Gasteiger partial charge in [-0.2, -0.15) is 0 Å². The molecule has 0 saturated carbocycles. The van der Waals surface area contributed by atoms with Crippen LogP contribution in [-0.2, 0) is 4.79 Å². The largest absolute Gasteiger partial charge is 0.322 e. The first kappa shape index (κ1) is 14.9. The van der Waals surface area contributed by atoms with Crippen molar-refractivity contribution in [3.63, 3.8) is 0 Å². The fourth-order valence-electron chi connectivity index (χ4n) is 1.58. The van der Waals surface area contributed by atoms with E-state index in [1.165, 1.54) is 6.08 Å². The molecular formula is C15H10Cl3NO. The van der Waals surface area contributed by atoms with E-state index in [1.54, 1.807) is 48.5 Å². The van der Waals surface area contributed by atoms with E-state index in [9.17, 15) is 4.79 Å². The van der Waals surface area contributed by atoms with Gasteiger partial charge in [-0.15, -0.1) is 0 Å². The Labute approximate surface area is 132 Å². The quantitative estimate of drug-likeness (QED) is 0.762. The van der Waals surface area contributed by atoms with Gasteiger partial charge in [0, 0.05) is 32.4 Å². The molecule has 0 unspecified atom stereocenters. The Bertz CT molecular complexity index is 648. The summed E-state index contributed by atoms with van der Waals surface area (Å²) in [5, 5.41) is 4.23. The van der Waals surface area contributed by atoms with E-state index in [-0.39, 0.29) is 5.91 Å². The SMILES string of the molecule is O=C(C=Cc1c(Cl)cccc1Cl)Nc1cccc(Cl)c1. The lowest BCUT2D eigenvalue weighted by atomic mass is 10.2. The zero-order valence-electron chi connectivity index (χ0n) is 10.2. The molecule has 2 aromatic carbocycles. The Morgan fingerprint density at radius 2 is 1.65 bits per heavy atom. The van der Waals surface area contributed by atoms with Crippen molar-refractivity contribution in [3.05, 3.63) is 69.2 Å². The molecule has 5 heteroatoms. The highest BCUT2D eigenvalue weighted by molar-refractivity contribution is 6.37. The molecule has 0 atom stereocenters. The highest BCUT2D eigenvalue weighted by atomic mass is 35.5. The van der Waals surface area contributed by atoms with Gasteiger partial charge >= 0.3 is 0 Å². The van der Waals surface area contributed by atoms with Gasteiger partial charge in [0.25, 0.3) is 0 Å². The zero-order chi connectivity index (χ0) is 14.5. The third-order valence-corrected chi connectivity index (χ3v) is 3.39. The van der Waals surface area contributed by atoms with E-state index in [1.807, 2.05) is 0 Å². The van der Waals surface area contributed by atoms with Gasteiger partial charge in [-0.1, -0.05) is 46.9 Å². The molecule has 0 heterocycles. The van der Waals surface area contributed by atoms with Gasteiger partial charge < -0.3 is 5.32 Å². The number of rotatable bonds is 3. The topological polar surface area (TPSA) is 29.1 Å². The lowest BCUT2D eigenvalue weighted by molar-refractivity contribution is -0.111. The van der Waals surface area contributed by atoms with Crippen LogP contribution in [0.5, 0.6) is 0 Å². The van der Waals surface area contributed by atoms with Gasteiger partial charge in [-0.05, 0) is 36.4 Å². The van der Waals surface area contributed by atoms with Gasteiger partial charge in [-0.25, -0.2) is 0 Å². The third kappa shape index (κ3) is 4.01. The summed E-state index contributed by atoms with van der Waals surface area (Å²) in [6.07, 6.45) is 2.94. The van der Waals surface area contributed by atoms with Crippen molar-refractivity contribution in [3.8, 4) is 0 Å². The molecule has 2 aromatic rings. The number of carbonyl (C=O) groups excluding carboxylic acids is 1. The number of halogens is 3. The number of anilines is 1. The minimum Gasteiger partial charge on any atom is -0.322 e. The lowest BCUT2D eigenvalue weighted by Gasteiger charge is -2.03. The molecule has 0 bridgehead atoms. The number of hydrogen-bond acceptors (Lipinski definition) is 1. The van der Waals surface area contributed by atoms with Crippen LogP contribution in [0.4, 0.5) is 5.69 Å². The first-order valence-corrected chi connectivity index (χ1v) is 6.88. The molecular weight excluding hydrogens is 317 g/mol. The Kier molecular flexibility index (Phi) is 5.07. The van der Waals surface area contributed by atoms with Gasteiger partial charge in [0.1, 0.15) is 0 Å². The molecule has 0 aromatic heterocycles. The maximum absolute atomic E-state index is 11.8. The van der Waals surface area contributed by atoms with Crippen LogP contribution in [0, 0.1) is 0 Å². The van der Waals surface area contributed by atoms with Crippen LogP contribution in [0.25, 0.3) is 6.08 Å². The predicted octanol–water partition coefficient (Wildman–Crippen LogP) is 5.30. The number of benzene rings is 2. The predicted molar refractivity (Wildman–Crippen MR) is 85.6 cm³/mol. The summed E-state index contributed by atoms with van der Waals surface area (Å²) >= 11 is 17.9. The second-order valence-electron chi connectivity index (χ2n) is 3.97. The summed E-state index contributed by atoms with van der Waals surface area (Å²) in [5.41, 5.74) is 1.23. The maximum Gasteiger partial charge on any atom is 0.248 e. The zero-order valence-corrected chi connectivity index (χ0v) is 12.5. The second-order valence-corrected chi connectivity index (χ2v) is 5.22. The second kappa shape index (κ2) is 6.80. The molecule has 0 spiro atoms. The van der Waals surface area contributed by atoms with Crippen LogP contribution in [0.1, 0.15) is 5.56 Å². The van der Waals surface area contributed by atoms with E-state index in [2.05, 4.69) is 5.32 Å². The minimum atomic E-state index is -0.289. The average Bonchev–Trinajstić information content (AvgIpc) is 2.38. The fraction of sp³-hybridized carbons (Fsp3) is 0. The standard InChI is InChI=1S/C15H10Cl3NO/c16-10-3-1-4-11(9-10)19-15(20)8-7-12-13(17)5-2-6-14(12)18/h1-9H,(H,19,20). The van der Waals surface area contributed by atoms with Crippen molar-refractivity contribution >= 4 is 52.5 Å². The Morgan fingerprint density at radius 1 is 1.00 bits per heavy atom. The summed E-state index contributed by atoms with van der Waals surface area (Å²) in [5.74, 6) is -0.289. The molecule has 20 heavy (non-hydrogen) atoms. The van der Waals surface area contributed by atoms with Gasteiger partial charge in [0.05, 0.1) is 0 Å². The molecule has 1 N–H and O–H groups in total.